The van der Waals surface area contributed by atoms with Crippen molar-refractivity contribution < 1.29 is 13.7 Å². The smallest absolute Gasteiger partial charge is 0.290 e. The molecule has 0 bridgehead atoms. The van der Waals surface area contributed by atoms with E-state index in [1.165, 1.54) is 17.7 Å². The van der Waals surface area contributed by atoms with Gasteiger partial charge in [0.1, 0.15) is 5.82 Å². The van der Waals surface area contributed by atoms with Crippen molar-refractivity contribution in [1.82, 2.24) is 15.4 Å². The molecule has 146 valence electrons. The lowest BCUT2D eigenvalue weighted by Crippen LogP contribution is -2.32. The molecule has 3 heterocycles. The molecule has 0 aliphatic carbocycles. The second-order valence-electron chi connectivity index (χ2n) is 7.11. The van der Waals surface area contributed by atoms with E-state index in [1.807, 2.05) is 0 Å². The van der Waals surface area contributed by atoms with Gasteiger partial charge >= 0.3 is 0 Å². The minimum absolute atomic E-state index is 0.220. The van der Waals surface area contributed by atoms with E-state index in [0.717, 1.165) is 43.7 Å². The first-order valence-corrected chi connectivity index (χ1v) is 10.3. The second-order valence-corrected chi connectivity index (χ2v) is 7.89. The first kappa shape index (κ1) is 18.8. The predicted molar refractivity (Wildman–Crippen MR) is 106 cm³/mol. The Morgan fingerprint density at radius 3 is 2.71 bits per heavy atom. The molecule has 0 saturated carbocycles. The van der Waals surface area contributed by atoms with Gasteiger partial charge in [-0.2, -0.15) is 11.3 Å². The van der Waals surface area contributed by atoms with Gasteiger partial charge in [0.15, 0.2) is 0 Å². The highest BCUT2D eigenvalue weighted by molar-refractivity contribution is 7.07. The maximum Gasteiger partial charge on any atom is 0.290 e. The van der Waals surface area contributed by atoms with Crippen LogP contribution in [0.2, 0.25) is 0 Å². The fourth-order valence-corrected chi connectivity index (χ4v) is 4.15. The Kier molecular flexibility index (Phi) is 5.83. The monoisotopic (exact) mass is 399 g/mol. The summed E-state index contributed by atoms with van der Waals surface area (Å²) in [5.74, 6) is -0.0618. The Labute approximate surface area is 167 Å². The minimum atomic E-state index is -0.307. The van der Waals surface area contributed by atoms with Gasteiger partial charge in [0.25, 0.3) is 5.91 Å². The topological polar surface area (TPSA) is 58.4 Å². The molecule has 1 aliphatic rings. The number of rotatable bonds is 6. The van der Waals surface area contributed by atoms with Gasteiger partial charge in [-0.15, -0.1) is 0 Å². The molecule has 1 fully saturated rings. The molecule has 1 aliphatic heterocycles. The molecule has 3 aromatic rings. The number of piperidine rings is 1. The van der Waals surface area contributed by atoms with E-state index in [-0.39, 0.29) is 17.5 Å². The summed E-state index contributed by atoms with van der Waals surface area (Å²) in [6.07, 6.45) is 2.01. The van der Waals surface area contributed by atoms with Crippen LogP contribution in [-0.4, -0.2) is 29.1 Å². The van der Waals surface area contributed by atoms with Crippen LogP contribution in [0.3, 0.4) is 0 Å². The molecule has 4 rings (SSSR count). The third-order valence-electron chi connectivity index (χ3n) is 5.11. The lowest BCUT2D eigenvalue weighted by atomic mass is 9.93. The zero-order chi connectivity index (χ0) is 19.3. The van der Waals surface area contributed by atoms with E-state index < -0.39 is 0 Å². The standard InChI is InChI=1S/C21H22FN3O2S/c22-18-3-1-15(2-4-18)12-23-21(26)20-11-19(24-27-20)17-5-8-25(9-6-17)13-16-7-10-28-14-16/h1-4,7,10-11,14,17H,5-6,8-9,12-13H2,(H,23,26). The number of nitrogens with one attached hydrogen (secondary N) is 1. The average Bonchev–Trinajstić information content (AvgIpc) is 3.40. The highest BCUT2D eigenvalue weighted by Gasteiger charge is 2.24. The second kappa shape index (κ2) is 8.67. The summed E-state index contributed by atoms with van der Waals surface area (Å²) >= 11 is 1.73. The Balaban J connectivity index is 1.28. The number of carbonyl (C=O) groups excluding carboxylic acids is 1. The summed E-state index contributed by atoms with van der Waals surface area (Å²) < 4.78 is 18.2. The fourth-order valence-electron chi connectivity index (χ4n) is 3.49. The normalized spacial score (nSPS) is 15.6. The van der Waals surface area contributed by atoms with Crippen LogP contribution in [-0.2, 0) is 13.1 Å². The molecule has 1 saturated heterocycles. The van der Waals surface area contributed by atoms with Gasteiger partial charge in [-0.25, -0.2) is 4.39 Å². The lowest BCUT2D eigenvalue weighted by molar-refractivity contribution is 0.0913. The molecule has 28 heavy (non-hydrogen) atoms. The number of aromatic nitrogens is 1. The number of thiophene rings is 1. The molecule has 1 aromatic carbocycles. The van der Waals surface area contributed by atoms with Crippen molar-refractivity contribution in [1.29, 1.82) is 0 Å². The molecule has 1 amide bonds. The Morgan fingerprint density at radius 2 is 2.00 bits per heavy atom. The van der Waals surface area contributed by atoms with Crippen molar-refractivity contribution >= 4 is 17.2 Å². The molecule has 1 N–H and O–H groups in total. The van der Waals surface area contributed by atoms with Gasteiger partial charge in [0.2, 0.25) is 5.76 Å². The van der Waals surface area contributed by atoms with E-state index in [2.05, 4.69) is 32.2 Å². The number of hydrogen-bond donors (Lipinski definition) is 1. The van der Waals surface area contributed by atoms with Crippen molar-refractivity contribution in [3.05, 3.63) is 75.6 Å². The van der Waals surface area contributed by atoms with Gasteiger partial charge < -0.3 is 9.84 Å². The van der Waals surface area contributed by atoms with Crippen LogP contribution in [0.15, 0.2) is 51.7 Å². The summed E-state index contributed by atoms with van der Waals surface area (Å²) in [6.45, 7) is 3.33. The van der Waals surface area contributed by atoms with Gasteiger partial charge in [-0.1, -0.05) is 17.3 Å². The van der Waals surface area contributed by atoms with Crippen LogP contribution >= 0.6 is 11.3 Å². The summed E-state index contributed by atoms with van der Waals surface area (Å²) in [6, 6.07) is 9.96. The number of carbonyl (C=O) groups is 1. The van der Waals surface area contributed by atoms with Crippen molar-refractivity contribution in [3.63, 3.8) is 0 Å². The van der Waals surface area contributed by atoms with Crippen molar-refractivity contribution in [2.24, 2.45) is 0 Å². The van der Waals surface area contributed by atoms with Crippen LogP contribution in [0.5, 0.6) is 0 Å². The summed E-state index contributed by atoms with van der Waals surface area (Å²) in [7, 11) is 0. The van der Waals surface area contributed by atoms with Crippen LogP contribution < -0.4 is 5.32 Å². The van der Waals surface area contributed by atoms with Crippen molar-refractivity contribution in [3.8, 4) is 0 Å². The van der Waals surface area contributed by atoms with Crippen LogP contribution in [0.1, 0.15) is 46.1 Å². The molecular formula is C21H22FN3O2S. The summed E-state index contributed by atoms with van der Waals surface area (Å²) in [5.41, 5.74) is 3.04. The van der Waals surface area contributed by atoms with Crippen molar-refractivity contribution in [2.45, 2.75) is 31.8 Å². The molecule has 7 heteroatoms. The van der Waals surface area contributed by atoms with E-state index in [9.17, 15) is 9.18 Å². The Bertz CT molecular complexity index is 900. The number of nitrogens with zero attached hydrogens (tertiary/aromatic N) is 2. The summed E-state index contributed by atoms with van der Waals surface area (Å²) in [4.78, 5) is 14.7. The fraction of sp³-hybridized carbons (Fsp3) is 0.333. The molecule has 0 radical (unpaired) electrons. The first-order chi connectivity index (χ1) is 13.7. The number of halogens is 1. The number of benzene rings is 1. The lowest BCUT2D eigenvalue weighted by Gasteiger charge is -2.30. The third kappa shape index (κ3) is 4.66. The molecule has 0 unspecified atom stereocenters. The van der Waals surface area contributed by atoms with Gasteiger partial charge in [-0.05, 0) is 66.0 Å². The minimum Gasteiger partial charge on any atom is -0.351 e. The maximum absolute atomic E-state index is 12.9. The zero-order valence-corrected chi connectivity index (χ0v) is 16.3. The predicted octanol–water partition coefficient (Wildman–Crippen LogP) is 4.18. The van der Waals surface area contributed by atoms with E-state index in [1.54, 1.807) is 29.5 Å². The van der Waals surface area contributed by atoms with Gasteiger partial charge in [0.05, 0.1) is 5.69 Å². The number of likely N-dealkylation sites (tertiary alicyclic amines) is 1. The molecular weight excluding hydrogens is 377 g/mol. The molecule has 0 atom stereocenters. The Hall–Kier alpha value is -2.51. The highest BCUT2D eigenvalue weighted by atomic mass is 32.1. The van der Waals surface area contributed by atoms with Crippen molar-refractivity contribution in [2.75, 3.05) is 13.1 Å². The third-order valence-corrected chi connectivity index (χ3v) is 5.84. The van der Waals surface area contributed by atoms with E-state index in [0.29, 0.717) is 12.5 Å². The van der Waals surface area contributed by atoms with Crippen LogP contribution in [0.4, 0.5) is 4.39 Å². The van der Waals surface area contributed by atoms with Crippen LogP contribution in [0, 0.1) is 5.82 Å². The number of hydrogen-bond acceptors (Lipinski definition) is 5. The van der Waals surface area contributed by atoms with Gasteiger partial charge in [0, 0.05) is 25.1 Å². The largest absolute Gasteiger partial charge is 0.351 e. The quantitative estimate of drug-likeness (QED) is 0.675. The van der Waals surface area contributed by atoms with E-state index >= 15 is 0 Å². The van der Waals surface area contributed by atoms with E-state index in [4.69, 9.17) is 4.52 Å². The van der Waals surface area contributed by atoms with Crippen LogP contribution in [0.25, 0.3) is 0 Å². The molecule has 0 spiro atoms. The average molecular weight is 399 g/mol. The Morgan fingerprint density at radius 1 is 1.21 bits per heavy atom. The zero-order valence-electron chi connectivity index (χ0n) is 15.4. The molecule has 5 nitrogen and oxygen atoms in total. The van der Waals surface area contributed by atoms with Gasteiger partial charge in [-0.3, -0.25) is 9.69 Å². The number of amides is 1. The molecule has 2 aromatic heterocycles. The SMILES string of the molecule is O=C(NCc1ccc(F)cc1)c1cc(C2CCN(Cc3ccsc3)CC2)no1. The summed E-state index contributed by atoms with van der Waals surface area (Å²) in [5, 5.41) is 11.2. The first-order valence-electron chi connectivity index (χ1n) is 9.40. The maximum atomic E-state index is 12.9. The highest BCUT2D eigenvalue weighted by Crippen LogP contribution is 2.28.